The van der Waals surface area contributed by atoms with E-state index >= 15 is 0 Å². The van der Waals surface area contributed by atoms with E-state index in [1.807, 2.05) is 0 Å². The molecule has 0 radical (unpaired) electrons. The Labute approximate surface area is 90.7 Å². The smallest absolute Gasteiger partial charge is 0.350 e. The maximum absolute atomic E-state index is 12.5. The molecule has 1 heterocycles. The first-order chi connectivity index (χ1) is 7.32. The second-order valence-corrected chi connectivity index (χ2v) is 3.53. The molecule has 1 rings (SSSR count). The number of nitrogens with zero attached hydrogens (tertiary/aromatic N) is 1. The number of aromatic nitrogens is 1. The van der Waals surface area contributed by atoms with E-state index in [1.54, 1.807) is 13.8 Å². The lowest BCUT2D eigenvalue weighted by molar-refractivity contribution is -0.141. The van der Waals surface area contributed by atoms with Gasteiger partial charge in [-0.2, -0.15) is 13.2 Å². The largest absolute Gasteiger partial charge is 0.434 e. The number of nitrogens with one attached hydrogen (secondary N) is 1. The Kier molecular flexibility index (Phi) is 3.51. The summed E-state index contributed by atoms with van der Waals surface area (Å²) < 4.78 is 37.5. The lowest BCUT2D eigenvalue weighted by Crippen LogP contribution is -2.32. The third-order valence-electron chi connectivity index (χ3n) is 1.74. The number of carbonyl (C=O) groups excluding carboxylic acids is 1. The molecule has 3 nitrogen and oxygen atoms in total. The van der Waals surface area contributed by atoms with Crippen molar-refractivity contribution in [3.05, 3.63) is 29.6 Å². The van der Waals surface area contributed by atoms with E-state index in [-0.39, 0.29) is 6.04 Å². The predicted molar refractivity (Wildman–Crippen MR) is 51.8 cm³/mol. The Bertz CT molecular complexity index is 388. The van der Waals surface area contributed by atoms with E-state index in [1.165, 1.54) is 6.07 Å². The van der Waals surface area contributed by atoms with Gasteiger partial charge in [0.05, 0.1) is 5.56 Å². The highest BCUT2D eigenvalue weighted by Gasteiger charge is 2.36. The van der Waals surface area contributed by atoms with Gasteiger partial charge in [0.25, 0.3) is 5.91 Å². The van der Waals surface area contributed by atoms with E-state index in [2.05, 4.69) is 10.3 Å². The minimum absolute atomic E-state index is 0.228. The normalized spacial score (nSPS) is 11.6. The van der Waals surface area contributed by atoms with Crippen LogP contribution in [-0.4, -0.2) is 16.9 Å². The van der Waals surface area contributed by atoms with Crippen molar-refractivity contribution in [1.29, 1.82) is 0 Å². The number of alkyl halides is 3. The van der Waals surface area contributed by atoms with Gasteiger partial charge < -0.3 is 5.32 Å². The third kappa shape index (κ3) is 2.95. The van der Waals surface area contributed by atoms with Gasteiger partial charge in [-0.3, -0.25) is 9.78 Å². The van der Waals surface area contributed by atoms with Crippen LogP contribution in [0.4, 0.5) is 13.2 Å². The minimum atomic E-state index is -4.62. The van der Waals surface area contributed by atoms with Gasteiger partial charge >= 0.3 is 6.18 Å². The van der Waals surface area contributed by atoms with Crippen LogP contribution in [0, 0.1) is 0 Å². The van der Waals surface area contributed by atoms with Crippen molar-refractivity contribution in [3.63, 3.8) is 0 Å². The predicted octanol–water partition coefficient (Wildman–Crippen LogP) is 2.24. The van der Waals surface area contributed by atoms with Crippen LogP contribution in [0.2, 0.25) is 0 Å². The van der Waals surface area contributed by atoms with Gasteiger partial charge in [-0.15, -0.1) is 0 Å². The molecular weight excluding hydrogens is 221 g/mol. The quantitative estimate of drug-likeness (QED) is 0.849. The molecule has 0 saturated carbocycles. The molecular formula is C10H11F3N2O. The molecule has 0 aliphatic carbocycles. The first-order valence-corrected chi connectivity index (χ1v) is 4.65. The second-order valence-electron chi connectivity index (χ2n) is 3.53. The zero-order valence-corrected chi connectivity index (χ0v) is 8.80. The molecule has 0 aromatic carbocycles. The number of halogens is 3. The van der Waals surface area contributed by atoms with Crippen molar-refractivity contribution >= 4 is 5.91 Å². The van der Waals surface area contributed by atoms with Crippen LogP contribution in [0.25, 0.3) is 0 Å². The summed E-state index contributed by atoms with van der Waals surface area (Å²) >= 11 is 0. The summed E-state index contributed by atoms with van der Waals surface area (Å²) in [7, 11) is 0. The van der Waals surface area contributed by atoms with E-state index in [0.717, 1.165) is 12.3 Å². The summed E-state index contributed by atoms with van der Waals surface area (Å²) in [5.41, 5.74) is -1.61. The van der Waals surface area contributed by atoms with Crippen molar-refractivity contribution in [2.75, 3.05) is 0 Å². The van der Waals surface area contributed by atoms with Crippen LogP contribution in [0.15, 0.2) is 18.3 Å². The van der Waals surface area contributed by atoms with Crippen LogP contribution >= 0.6 is 0 Å². The number of hydrogen-bond acceptors (Lipinski definition) is 2. The maximum Gasteiger partial charge on any atom is 0.434 e. The molecule has 1 N–H and O–H groups in total. The maximum atomic E-state index is 12.5. The molecule has 1 aromatic rings. The van der Waals surface area contributed by atoms with Crippen LogP contribution in [0.3, 0.4) is 0 Å². The van der Waals surface area contributed by atoms with Crippen LogP contribution in [0.5, 0.6) is 0 Å². The first kappa shape index (κ1) is 12.5. The third-order valence-corrected chi connectivity index (χ3v) is 1.74. The lowest BCUT2D eigenvalue weighted by Gasteiger charge is -2.12. The van der Waals surface area contributed by atoms with Gasteiger partial charge in [-0.05, 0) is 26.0 Å². The minimum Gasteiger partial charge on any atom is -0.350 e. The molecule has 0 aliphatic rings. The molecule has 1 amide bonds. The summed E-state index contributed by atoms with van der Waals surface area (Å²) in [5, 5.41) is 2.39. The Morgan fingerprint density at radius 1 is 1.44 bits per heavy atom. The molecule has 0 atom stereocenters. The van der Waals surface area contributed by atoms with Crippen molar-refractivity contribution in [3.8, 4) is 0 Å². The van der Waals surface area contributed by atoms with Crippen molar-refractivity contribution in [2.24, 2.45) is 0 Å². The Hall–Kier alpha value is -1.59. The Morgan fingerprint density at radius 2 is 2.06 bits per heavy atom. The molecule has 0 bridgehead atoms. The van der Waals surface area contributed by atoms with Gasteiger partial charge in [-0.25, -0.2) is 0 Å². The zero-order valence-electron chi connectivity index (χ0n) is 8.80. The lowest BCUT2D eigenvalue weighted by atomic mass is 10.1. The highest BCUT2D eigenvalue weighted by atomic mass is 19.4. The van der Waals surface area contributed by atoms with E-state index in [4.69, 9.17) is 0 Å². The molecule has 0 saturated heterocycles. The number of amides is 1. The Balaban J connectivity index is 3.09. The number of pyridine rings is 1. The van der Waals surface area contributed by atoms with Crippen LogP contribution in [-0.2, 0) is 6.18 Å². The molecule has 0 unspecified atom stereocenters. The SMILES string of the molecule is CC(C)NC(=O)c1cccnc1C(F)(F)F. The summed E-state index contributed by atoms with van der Waals surface area (Å²) in [4.78, 5) is 14.7. The van der Waals surface area contributed by atoms with Gasteiger partial charge in [0, 0.05) is 12.2 Å². The summed E-state index contributed by atoms with van der Waals surface area (Å²) in [6.45, 7) is 3.34. The standard InChI is InChI=1S/C10H11F3N2O/c1-6(2)15-9(16)7-4-3-5-14-8(7)10(11,12)13/h3-6H,1-2H3,(H,15,16). The van der Waals surface area contributed by atoms with Gasteiger partial charge in [0.2, 0.25) is 0 Å². The highest BCUT2D eigenvalue weighted by Crippen LogP contribution is 2.29. The fourth-order valence-corrected chi connectivity index (χ4v) is 1.15. The molecule has 0 fully saturated rings. The molecule has 0 aliphatic heterocycles. The molecule has 88 valence electrons. The summed E-state index contributed by atoms with van der Waals surface area (Å²) in [6.07, 6.45) is -3.61. The number of carbonyl (C=O) groups is 1. The van der Waals surface area contributed by atoms with Crippen LogP contribution in [0.1, 0.15) is 29.9 Å². The number of hydrogen-bond donors (Lipinski definition) is 1. The van der Waals surface area contributed by atoms with Gasteiger partial charge in [-0.1, -0.05) is 0 Å². The summed E-state index contributed by atoms with van der Waals surface area (Å²) in [5.74, 6) is -0.768. The topological polar surface area (TPSA) is 42.0 Å². The van der Waals surface area contributed by atoms with Crippen molar-refractivity contribution < 1.29 is 18.0 Å². The number of rotatable bonds is 2. The monoisotopic (exact) mass is 232 g/mol. The van der Waals surface area contributed by atoms with Crippen LogP contribution < -0.4 is 5.32 Å². The van der Waals surface area contributed by atoms with Crippen molar-refractivity contribution in [1.82, 2.24) is 10.3 Å². The average molecular weight is 232 g/mol. The van der Waals surface area contributed by atoms with Crippen molar-refractivity contribution in [2.45, 2.75) is 26.1 Å². The van der Waals surface area contributed by atoms with Gasteiger partial charge in [0.1, 0.15) is 0 Å². The zero-order chi connectivity index (χ0) is 12.3. The molecule has 6 heteroatoms. The second kappa shape index (κ2) is 4.51. The fraction of sp³-hybridized carbons (Fsp3) is 0.400. The first-order valence-electron chi connectivity index (χ1n) is 4.65. The van der Waals surface area contributed by atoms with E-state index < -0.39 is 23.3 Å². The fourth-order valence-electron chi connectivity index (χ4n) is 1.15. The van der Waals surface area contributed by atoms with Gasteiger partial charge in [0.15, 0.2) is 5.69 Å². The van der Waals surface area contributed by atoms with E-state index in [9.17, 15) is 18.0 Å². The average Bonchev–Trinajstić information content (AvgIpc) is 2.15. The summed E-state index contributed by atoms with van der Waals surface area (Å²) in [6, 6.07) is 2.17. The van der Waals surface area contributed by atoms with E-state index in [0.29, 0.717) is 0 Å². The molecule has 0 spiro atoms. The molecule has 16 heavy (non-hydrogen) atoms. The Morgan fingerprint density at radius 3 is 2.56 bits per heavy atom. The highest BCUT2D eigenvalue weighted by molar-refractivity contribution is 5.95. The molecule has 1 aromatic heterocycles.